The second-order valence-corrected chi connectivity index (χ2v) is 9.61. The summed E-state index contributed by atoms with van der Waals surface area (Å²) in [6.07, 6.45) is 1.93. The summed E-state index contributed by atoms with van der Waals surface area (Å²) >= 11 is 0. The van der Waals surface area contributed by atoms with Crippen LogP contribution in [0.3, 0.4) is 0 Å². The maximum absolute atomic E-state index is 14.0. The molecule has 0 N–H and O–H groups in total. The summed E-state index contributed by atoms with van der Waals surface area (Å²) in [5.74, 6) is -0.490. The molecular weight excluding hydrogens is 422 g/mol. The van der Waals surface area contributed by atoms with Crippen molar-refractivity contribution in [3.05, 3.63) is 83.1 Å². The number of carbonyl (C=O) groups is 2. The summed E-state index contributed by atoms with van der Waals surface area (Å²) in [5, 5.41) is 1.90. The van der Waals surface area contributed by atoms with Crippen LogP contribution >= 0.6 is 0 Å². The van der Waals surface area contributed by atoms with Crippen LogP contribution in [0.5, 0.6) is 0 Å². The Labute approximate surface area is 201 Å². The van der Waals surface area contributed by atoms with Gasteiger partial charge in [-0.05, 0) is 75.0 Å². The van der Waals surface area contributed by atoms with Gasteiger partial charge in [0.15, 0.2) is 0 Å². The maximum Gasteiger partial charge on any atom is 0.282 e. The van der Waals surface area contributed by atoms with Crippen molar-refractivity contribution in [3.63, 3.8) is 0 Å². The number of hydrogen-bond donors (Lipinski definition) is 0. The number of piperidine rings is 1. The zero-order valence-electron chi connectivity index (χ0n) is 20.3. The first-order chi connectivity index (χ1) is 16.4. The smallest absolute Gasteiger partial charge is 0.282 e. The van der Waals surface area contributed by atoms with Gasteiger partial charge in [0.25, 0.3) is 11.8 Å². The molecule has 174 valence electrons. The van der Waals surface area contributed by atoms with Crippen molar-refractivity contribution in [2.24, 2.45) is 0 Å². The molecule has 0 bridgehead atoms. The first kappa shape index (κ1) is 22.4. The maximum atomic E-state index is 14.0. The molecule has 34 heavy (non-hydrogen) atoms. The number of nitrogens with zero attached hydrogens (tertiary/aromatic N) is 3. The van der Waals surface area contributed by atoms with Gasteiger partial charge in [0.05, 0.1) is 11.3 Å². The highest BCUT2D eigenvalue weighted by Gasteiger charge is 2.43. The number of benzene rings is 3. The van der Waals surface area contributed by atoms with Crippen molar-refractivity contribution in [2.45, 2.75) is 32.7 Å². The highest BCUT2D eigenvalue weighted by atomic mass is 16.2. The number of fused-ring (bicyclic) bond motifs is 1. The topological polar surface area (TPSA) is 43.9 Å². The molecule has 3 aromatic carbocycles. The highest BCUT2D eigenvalue weighted by Crippen LogP contribution is 2.39. The molecule has 3 aromatic rings. The molecule has 0 radical (unpaired) electrons. The van der Waals surface area contributed by atoms with Crippen molar-refractivity contribution in [1.82, 2.24) is 9.80 Å². The number of anilines is 1. The van der Waals surface area contributed by atoms with E-state index in [4.69, 9.17) is 0 Å². The Morgan fingerprint density at radius 2 is 1.56 bits per heavy atom. The fourth-order valence-electron chi connectivity index (χ4n) is 5.19. The normalized spacial score (nSPS) is 17.8. The Morgan fingerprint density at radius 3 is 2.29 bits per heavy atom. The van der Waals surface area contributed by atoms with Gasteiger partial charge in [-0.25, -0.2) is 4.90 Å². The molecule has 0 saturated carbocycles. The molecule has 0 unspecified atom stereocenters. The number of rotatable bonds is 4. The molecule has 5 rings (SSSR count). The van der Waals surface area contributed by atoms with Gasteiger partial charge in [0.2, 0.25) is 0 Å². The average Bonchev–Trinajstić information content (AvgIpc) is 3.10. The van der Waals surface area contributed by atoms with Gasteiger partial charge in [-0.2, -0.15) is 0 Å². The zero-order chi connectivity index (χ0) is 24.0. The molecular formula is C29H31N3O2. The van der Waals surface area contributed by atoms with Crippen molar-refractivity contribution in [1.29, 1.82) is 0 Å². The molecule has 0 spiro atoms. The van der Waals surface area contributed by atoms with E-state index >= 15 is 0 Å². The van der Waals surface area contributed by atoms with Crippen LogP contribution in [-0.2, 0) is 9.59 Å². The van der Waals surface area contributed by atoms with E-state index in [1.807, 2.05) is 74.6 Å². The van der Waals surface area contributed by atoms with Gasteiger partial charge in [-0.1, -0.05) is 54.6 Å². The van der Waals surface area contributed by atoms with Crippen LogP contribution in [0.4, 0.5) is 5.69 Å². The number of hydrogen-bond acceptors (Lipinski definition) is 4. The molecule has 0 atom stereocenters. The van der Waals surface area contributed by atoms with Crippen LogP contribution in [-0.4, -0.2) is 54.8 Å². The van der Waals surface area contributed by atoms with E-state index < -0.39 is 0 Å². The lowest BCUT2D eigenvalue weighted by Crippen LogP contribution is -2.43. The Bertz CT molecular complexity index is 1310. The quantitative estimate of drug-likeness (QED) is 0.534. The predicted molar refractivity (Wildman–Crippen MR) is 138 cm³/mol. The fourth-order valence-corrected chi connectivity index (χ4v) is 5.19. The number of likely N-dealkylation sites (N-methyl/N-ethyl adjacent to an activating group) is 1. The second kappa shape index (κ2) is 8.73. The lowest BCUT2D eigenvalue weighted by atomic mass is 9.97. The van der Waals surface area contributed by atoms with E-state index in [2.05, 4.69) is 23.8 Å². The molecule has 5 nitrogen and oxygen atoms in total. The fraction of sp³-hybridized carbons (Fsp3) is 0.310. The third-order valence-corrected chi connectivity index (χ3v) is 7.45. The summed E-state index contributed by atoms with van der Waals surface area (Å²) in [7, 11) is 4.10. The molecule has 2 heterocycles. The molecule has 1 fully saturated rings. The van der Waals surface area contributed by atoms with Crippen LogP contribution in [0.15, 0.2) is 66.4 Å². The average molecular weight is 454 g/mol. The van der Waals surface area contributed by atoms with Crippen molar-refractivity contribution < 1.29 is 9.59 Å². The minimum atomic E-state index is -0.251. The molecule has 2 amide bonds. The van der Waals surface area contributed by atoms with Gasteiger partial charge in [-0.15, -0.1) is 0 Å². The van der Waals surface area contributed by atoms with E-state index in [-0.39, 0.29) is 17.9 Å². The number of likely N-dealkylation sites (tertiary alicyclic amines) is 1. The minimum absolute atomic E-state index is 0.219. The summed E-state index contributed by atoms with van der Waals surface area (Å²) in [5.41, 5.74) is 4.73. The Kier molecular flexibility index (Phi) is 5.74. The van der Waals surface area contributed by atoms with Crippen molar-refractivity contribution in [3.8, 4) is 0 Å². The van der Waals surface area contributed by atoms with Gasteiger partial charge >= 0.3 is 0 Å². The predicted octanol–water partition coefficient (Wildman–Crippen LogP) is 4.77. The van der Waals surface area contributed by atoms with Crippen LogP contribution in [0, 0.1) is 13.8 Å². The summed E-state index contributed by atoms with van der Waals surface area (Å²) in [4.78, 5) is 33.8. The summed E-state index contributed by atoms with van der Waals surface area (Å²) in [6.45, 7) is 6.07. The monoisotopic (exact) mass is 453 g/mol. The second-order valence-electron chi connectivity index (χ2n) is 9.61. The molecule has 2 aliphatic heterocycles. The molecule has 0 aliphatic carbocycles. The summed E-state index contributed by atoms with van der Waals surface area (Å²) < 4.78 is 0. The Hall–Kier alpha value is -3.44. The number of imide groups is 1. The lowest BCUT2D eigenvalue weighted by molar-refractivity contribution is -0.120. The van der Waals surface area contributed by atoms with Crippen LogP contribution in [0.2, 0.25) is 0 Å². The van der Waals surface area contributed by atoms with Gasteiger partial charge in [0.1, 0.15) is 5.70 Å². The van der Waals surface area contributed by atoms with Crippen molar-refractivity contribution in [2.75, 3.05) is 32.1 Å². The van der Waals surface area contributed by atoms with Crippen LogP contribution in [0.1, 0.15) is 29.5 Å². The van der Waals surface area contributed by atoms with E-state index in [0.717, 1.165) is 53.4 Å². The van der Waals surface area contributed by atoms with E-state index in [9.17, 15) is 9.59 Å². The molecule has 1 saturated heterocycles. The van der Waals surface area contributed by atoms with Gasteiger partial charge < -0.3 is 9.80 Å². The molecule has 5 heteroatoms. The van der Waals surface area contributed by atoms with E-state index in [0.29, 0.717) is 17.0 Å². The van der Waals surface area contributed by atoms with E-state index in [1.165, 1.54) is 4.90 Å². The lowest BCUT2D eigenvalue weighted by Gasteiger charge is -2.36. The number of amides is 2. The third-order valence-electron chi connectivity index (χ3n) is 7.45. The van der Waals surface area contributed by atoms with Crippen LogP contribution in [0.25, 0.3) is 16.3 Å². The first-order valence-electron chi connectivity index (χ1n) is 12.0. The molecule has 2 aliphatic rings. The SMILES string of the molecule is Cc1ccc(C2=C(N(C)C3CCN(C)CC3)C(=O)N(c3cccc4ccccc34)C2=O)cc1C. The third kappa shape index (κ3) is 3.70. The van der Waals surface area contributed by atoms with Gasteiger partial charge in [0, 0.05) is 18.5 Å². The Balaban J connectivity index is 1.65. The van der Waals surface area contributed by atoms with Crippen LogP contribution < -0.4 is 4.90 Å². The van der Waals surface area contributed by atoms with E-state index in [1.54, 1.807) is 0 Å². The highest BCUT2D eigenvalue weighted by molar-refractivity contribution is 6.46. The van der Waals surface area contributed by atoms with Gasteiger partial charge in [-0.3, -0.25) is 9.59 Å². The summed E-state index contributed by atoms with van der Waals surface area (Å²) in [6, 6.07) is 19.9. The largest absolute Gasteiger partial charge is 0.366 e. The Morgan fingerprint density at radius 1 is 0.853 bits per heavy atom. The minimum Gasteiger partial charge on any atom is -0.366 e. The number of carbonyl (C=O) groups excluding carboxylic acids is 2. The molecule has 0 aromatic heterocycles. The number of aryl methyl sites for hydroxylation is 2. The first-order valence-corrected chi connectivity index (χ1v) is 12.0. The van der Waals surface area contributed by atoms with Crippen molar-refractivity contribution >= 4 is 33.8 Å². The zero-order valence-corrected chi connectivity index (χ0v) is 20.3. The standard InChI is InChI=1S/C29H31N3O2/c1-19-12-13-22(18-20(19)2)26-27(31(4)23-14-16-30(3)17-15-23)29(34)32(28(26)33)25-11-7-9-21-8-5-6-10-24(21)25/h5-13,18,23H,14-17H2,1-4H3.